The largest absolute Gasteiger partial charge is 0.416 e. The number of carbonyl (C=O) groups excluding carboxylic acids is 1. The number of alkyl halides is 3. The summed E-state index contributed by atoms with van der Waals surface area (Å²) in [5, 5.41) is 4.13. The van der Waals surface area contributed by atoms with Gasteiger partial charge >= 0.3 is 6.18 Å². The number of halogens is 3. The molecule has 22 heavy (non-hydrogen) atoms. The van der Waals surface area contributed by atoms with Gasteiger partial charge in [0.15, 0.2) is 0 Å². The maximum Gasteiger partial charge on any atom is 0.416 e. The Labute approximate surface area is 125 Å². The molecule has 1 aliphatic heterocycles. The molecule has 2 aromatic rings. The molecule has 7 heteroatoms. The first-order valence-electron chi connectivity index (χ1n) is 6.85. The van der Waals surface area contributed by atoms with Crippen molar-refractivity contribution in [3.05, 3.63) is 47.8 Å². The molecule has 2 atom stereocenters. The lowest BCUT2D eigenvalue weighted by molar-refractivity contribution is -0.137. The van der Waals surface area contributed by atoms with Gasteiger partial charge in [-0.3, -0.25) is 9.48 Å². The van der Waals surface area contributed by atoms with Gasteiger partial charge in [0, 0.05) is 11.9 Å². The number of rotatable bonds is 1. The lowest BCUT2D eigenvalue weighted by atomic mass is 10.0. The molecule has 0 fully saturated rings. The van der Waals surface area contributed by atoms with E-state index >= 15 is 0 Å². The normalized spacial score (nSPS) is 21.9. The number of carbonyl (C=O) groups is 1. The Morgan fingerprint density at radius 3 is 2.27 bits per heavy atom. The first-order chi connectivity index (χ1) is 10.3. The predicted octanol–water partition coefficient (Wildman–Crippen LogP) is 3.51. The molecule has 0 bridgehead atoms. The topological polar surface area (TPSA) is 38.1 Å². The first kappa shape index (κ1) is 14.6. The number of benzene rings is 1. The third-order valence-corrected chi connectivity index (χ3v) is 4.07. The molecule has 4 nitrogen and oxygen atoms in total. The quantitative estimate of drug-likeness (QED) is 0.808. The minimum absolute atomic E-state index is 0.0648. The molecular weight excluding hydrogens is 295 g/mol. The van der Waals surface area contributed by atoms with E-state index in [2.05, 4.69) is 5.10 Å². The molecule has 1 amide bonds. The first-order valence-corrected chi connectivity index (χ1v) is 6.85. The van der Waals surface area contributed by atoms with Crippen LogP contribution in [0.2, 0.25) is 0 Å². The van der Waals surface area contributed by atoms with Crippen LogP contribution in [0.25, 0.3) is 0 Å². The van der Waals surface area contributed by atoms with E-state index in [0.717, 1.165) is 12.1 Å². The Balaban J connectivity index is 2.00. The Bertz CT molecular complexity index is 706. The molecule has 0 aliphatic carbocycles. The average molecular weight is 309 g/mol. The van der Waals surface area contributed by atoms with Crippen molar-refractivity contribution in [2.24, 2.45) is 0 Å². The van der Waals surface area contributed by atoms with Crippen molar-refractivity contribution in [3.8, 4) is 0 Å². The second kappa shape index (κ2) is 4.86. The third kappa shape index (κ3) is 2.17. The fraction of sp³-hybridized carbons (Fsp3) is 0.333. The van der Waals surface area contributed by atoms with Crippen molar-refractivity contribution in [2.45, 2.75) is 32.1 Å². The monoisotopic (exact) mass is 309 g/mol. The molecule has 1 aliphatic rings. The Morgan fingerprint density at radius 2 is 1.68 bits per heavy atom. The number of fused-ring (bicyclic) bond motifs is 1. The van der Waals surface area contributed by atoms with Gasteiger partial charge in [0.05, 0.1) is 17.6 Å². The second-order valence-corrected chi connectivity index (χ2v) is 5.36. The van der Waals surface area contributed by atoms with Gasteiger partial charge in [-0.25, -0.2) is 0 Å². The summed E-state index contributed by atoms with van der Waals surface area (Å²) in [6.07, 6.45) is -2.84. The fourth-order valence-electron chi connectivity index (χ4n) is 2.70. The predicted molar refractivity (Wildman–Crippen MR) is 74.7 cm³/mol. The van der Waals surface area contributed by atoms with E-state index in [1.54, 1.807) is 16.9 Å². The van der Waals surface area contributed by atoms with E-state index in [1.807, 2.05) is 13.8 Å². The highest BCUT2D eigenvalue weighted by atomic mass is 19.4. The lowest BCUT2D eigenvalue weighted by Gasteiger charge is -2.38. The summed E-state index contributed by atoms with van der Waals surface area (Å²) in [6, 6.07) is 5.98. The van der Waals surface area contributed by atoms with Crippen LogP contribution in [0.4, 0.5) is 18.9 Å². The van der Waals surface area contributed by atoms with Gasteiger partial charge in [-0.1, -0.05) is 0 Å². The van der Waals surface area contributed by atoms with Crippen LogP contribution in [0.15, 0.2) is 36.5 Å². The molecule has 0 saturated heterocycles. The van der Waals surface area contributed by atoms with Crippen LogP contribution in [0.5, 0.6) is 0 Å². The summed E-state index contributed by atoms with van der Waals surface area (Å²) < 4.78 is 39.6. The van der Waals surface area contributed by atoms with Gasteiger partial charge in [0.25, 0.3) is 5.91 Å². The second-order valence-electron chi connectivity index (χ2n) is 5.36. The molecule has 0 saturated carbocycles. The van der Waals surface area contributed by atoms with Gasteiger partial charge in [-0.2, -0.15) is 18.3 Å². The molecule has 1 aromatic heterocycles. The summed E-state index contributed by atoms with van der Waals surface area (Å²) in [7, 11) is 0. The van der Waals surface area contributed by atoms with E-state index in [0.29, 0.717) is 11.4 Å². The van der Waals surface area contributed by atoms with E-state index in [-0.39, 0.29) is 18.0 Å². The van der Waals surface area contributed by atoms with Crippen LogP contribution >= 0.6 is 0 Å². The van der Waals surface area contributed by atoms with Crippen molar-refractivity contribution in [3.63, 3.8) is 0 Å². The zero-order valence-electron chi connectivity index (χ0n) is 12.0. The number of anilines is 1. The number of nitrogens with zero attached hydrogens (tertiary/aromatic N) is 3. The van der Waals surface area contributed by atoms with Gasteiger partial charge < -0.3 is 4.90 Å². The molecular formula is C15H14F3N3O. The maximum atomic E-state index is 12.6. The zero-order chi connectivity index (χ0) is 16.1. The van der Waals surface area contributed by atoms with Gasteiger partial charge in [-0.05, 0) is 44.2 Å². The third-order valence-electron chi connectivity index (χ3n) is 4.07. The summed E-state index contributed by atoms with van der Waals surface area (Å²) in [5.74, 6) is -0.261. The SMILES string of the molecule is C[C@H]1[C@H](C)n2nccc2C(=O)N1c1ccc(C(F)(F)F)cc1. The summed E-state index contributed by atoms with van der Waals surface area (Å²) in [5.41, 5.74) is 0.154. The van der Waals surface area contributed by atoms with Gasteiger partial charge in [-0.15, -0.1) is 0 Å². The molecule has 1 aromatic carbocycles. The maximum absolute atomic E-state index is 12.6. The van der Waals surface area contributed by atoms with Crippen molar-refractivity contribution in [1.82, 2.24) is 9.78 Å². The van der Waals surface area contributed by atoms with Crippen LogP contribution in [-0.4, -0.2) is 21.7 Å². The van der Waals surface area contributed by atoms with Crippen molar-refractivity contribution < 1.29 is 18.0 Å². The van der Waals surface area contributed by atoms with Crippen molar-refractivity contribution >= 4 is 11.6 Å². The van der Waals surface area contributed by atoms with Crippen LogP contribution in [-0.2, 0) is 6.18 Å². The standard InChI is InChI=1S/C15H14F3N3O/c1-9-10(2)21-13(7-8-19-21)14(22)20(9)12-5-3-11(4-6-12)15(16,17)18/h3-10H,1-2H3/t9-,10-/m0/s1. The Morgan fingerprint density at radius 1 is 1.05 bits per heavy atom. The molecule has 116 valence electrons. The summed E-state index contributed by atoms with van der Waals surface area (Å²) in [6.45, 7) is 3.77. The average Bonchev–Trinajstić information content (AvgIpc) is 2.95. The van der Waals surface area contributed by atoms with Crippen LogP contribution in [0, 0.1) is 0 Å². The van der Waals surface area contributed by atoms with Gasteiger partial charge in [0.1, 0.15) is 5.69 Å². The fourth-order valence-corrected chi connectivity index (χ4v) is 2.70. The molecule has 0 spiro atoms. The molecule has 2 heterocycles. The van der Waals surface area contributed by atoms with Crippen molar-refractivity contribution in [1.29, 1.82) is 0 Å². The van der Waals surface area contributed by atoms with Crippen LogP contribution in [0.3, 0.4) is 0 Å². The van der Waals surface area contributed by atoms with E-state index < -0.39 is 11.7 Å². The Hall–Kier alpha value is -2.31. The minimum atomic E-state index is -4.39. The highest BCUT2D eigenvalue weighted by Gasteiger charge is 2.37. The summed E-state index contributed by atoms with van der Waals surface area (Å²) >= 11 is 0. The van der Waals surface area contributed by atoms with E-state index in [9.17, 15) is 18.0 Å². The van der Waals surface area contributed by atoms with Crippen LogP contribution < -0.4 is 4.90 Å². The van der Waals surface area contributed by atoms with Crippen LogP contribution in [0.1, 0.15) is 35.9 Å². The molecule has 0 radical (unpaired) electrons. The minimum Gasteiger partial charge on any atom is -0.302 e. The molecule has 0 unspecified atom stereocenters. The highest BCUT2D eigenvalue weighted by Crippen LogP contribution is 2.34. The number of amides is 1. The van der Waals surface area contributed by atoms with Crippen molar-refractivity contribution in [2.75, 3.05) is 4.90 Å². The zero-order valence-corrected chi connectivity index (χ0v) is 12.0. The highest BCUT2D eigenvalue weighted by molar-refractivity contribution is 6.06. The smallest absolute Gasteiger partial charge is 0.302 e. The molecule has 0 N–H and O–H groups in total. The van der Waals surface area contributed by atoms with E-state index in [1.165, 1.54) is 17.0 Å². The Kier molecular flexibility index (Phi) is 3.23. The summed E-state index contributed by atoms with van der Waals surface area (Å²) in [4.78, 5) is 14.1. The van der Waals surface area contributed by atoms with E-state index in [4.69, 9.17) is 0 Å². The number of hydrogen-bond acceptors (Lipinski definition) is 2. The molecule has 3 rings (SSSR count). The van der Waals surface area contributed by atoms with Gasteiger partial charge in [0.2, 0.25) is 0 Å². The number of hydrogen-bond donors (Lipinski definition) is 0. The number of aromatic nitrogens is 2. The lowest BCUT2D eigenvalue weighted by Crippen LogP contribution is -2.49.